The molecule has 1 aromatic carbocycles. The molecule has 1 saturated heterocycles. The largest absolute Gasteiger partial charge is 0.353 e. The summed E-state index contributed by atoms with van der Waals surface area (Å²) in [6.45, 7) is 9.92. The number of carbonyl (C=O) groups excluding carboxylic acids is 1. The lowest BCUT2D eigenvalue weighted by Crippen LogP contribution is -2.51. The van der Waals surface area contributed by atoms with Crippen LogP contribution in [0.15, 0.2) is 30.6 Å². The third-order valence-corrected chi connectivity index (χ3v) is 6.61. The predicted octanol–water partition coefficient (Wildman–Crippen LogP) is 2.83. The summed E-state index contributed by atoms with van der Waals surface area (Å²) < 4.78 is 0. The number of carbonyl (C=O) groups is 1. The van der Waals surface area contributed by atoms with E-state index < -0.39 is 0 Å². The number of aromatic nitrogens is 2. The fourth-order valence-electron chi connectivity index (χ4n) is 4.73. The van der Waals surface area contributed by atoms with E-state index in [0.717, 1.165) is 37.3 Å². The number of nitriles is 1. The van der Waals surface area contributed by atoms with E-state index in [9.17, 15) is 4.79 Å². The summed E-state index contributed by atoms with van der Waals surface area (Å²) in [6.07, 6.45) is 3.84. The van der Waals surface area contributed by atoms with E-state index in [0.29, 0.717) is 37.2 Å². The zero-order chi connectivity index (χ0) is 22.7. The highest BCUT2D eigenvalue weighted by Crippen LogP contribution is 2.37. The lowest BCUT2D eigenvalue weighted by Gasteiger charge is -2.38. The number of nitrogens with one attached hydrogen (secondary N) is 1. The number of hydrogen-bond donors (Lipinski definition) is 1. The minimum Gasteiger partial charge on any atom is -0.353 e. The lowest BCUT2D eigenvalue weighted by molar-refractivity contribution is -0.133. The number of nitrogens with zero attached hydrogens (tertiary/aromatic N) is 5. The first kappa shape index (κ1) is 22.2. The van der Waals surface area contributed by atoms with Gasteiger partial charge in [0.25, 0.3) is 0 Å². The van der Waals surface area contributed by atoms with E-state index >= 15 is 0 Å². The number of rotatable bonds is 6. The van der Waals surface area contributed by atoms with E-state index in [1.165, 1.54) is 11.3 Å². The molecule has 4 rings (SSSR count). The van der Waals surface area contributed by atoms with Crippen LogP contribution in [-0.2, 0) is 11.2 Å². The van der Waals surface area contributed by atoms with Gasteiger partial charge in [0.1, 0.15) is 12.1 Å². The molecule has 2 unspecified atom stereocenters. The van der Waals surface area contributed by atoms with Crippen molar-refractivity contribution in [2.75, 3.05) is 37.6 Å². The third kappa shape index (κ3) is 4.61. The van der Waals surface area contributed by atoms with Gasteiger partial charge in [0, 0.05) is 50.0 Å². The Morgan fingerprint density at radius 1 is 1.19 bits per heavy atom. The van der Waals surface area contributed by atoms with Crippen molar-refractivity contribution in [1.29, 1.82) is 5.26 Å². The highest BCUT2D eigenvalue weighted by Gasteiger charge is 2.32. The van der Waals surface area contributed by atoms with E-state index in [2.05, 4.69) is 47.0 Å². The molecule has 168 valence electrons. The van der Waals surface area contributed by atoms with Crippen molar-refractivity contribution in [2.24, 2.45) is 0 Å². The van der Waals surface area contributed by atoms with E-state index in [1.54, 1.807) is 18.5 Å². The SMILES string of the molecule is CC(C)NCC(C(=O)N1CCN(c2ncnc3c2C(C)CC3)CC1)c1ccc(C#N)cc1. The second-order valence-electron chi connectivity index (χ2n) is 9.16. The van der Waals surface area contributed by atoms with Gasteiger partial charge in [-0.1, -0.05) is 32.9 Å². The van der Waals surface area contributed by atoms with Crippen LogP contribution in [0.5, 0.6) is 0 Å². The van der Waals surface area contributed by atoms with Gasteiger partial charge in [-0.2, -0.15) is 5.26 Å². The molecule has 7 heteroatoms. The number of aryl methyl sites for hydroxylation is 1. The molecular formula is C25H32N6O. The zero-order valence-corrected chi connectivity index (χ0v) is 19.2. The Bertz CT molecular complexity index is 988. The van der Waals surface area contributed by atoms with Gasteiger partial charge >= 0.3 is 0 Å². The zero-order valence-electron chi connectivity index (χ0n) is 19.2. The van der Waals surface area contributed by atoms with E-state index in [1.807, 2.05) is 17.0 Å². The average molecular weight is 433 g/mol. The van der Waals surface area contributed by atoms with Crippen LogP contribution in [0.25, 0.3) is 0 Å². The Balaban J connectivity index is 1.47. The topological polar surface area (TPSA) is 85.2 Å². The van der Waals surface area contributed by atoms with Crippen LogP contribution in [0.4, 0.5) is 5.82 Å². The molecule has 1 aromatic heterocycles. The molecule has 32 heavy (non-hydrogen) atoms. The fourth-order valence-corrected chi connectivity index (χ4v) is 4.73. The van der Waals surface area contributed by atoms with Crippen LogP contribution in [0.1, 0.15) is 61.4 Å². The molecule has 2 heterocycles. The number of amides is 1. The van der Waals surface area contributed by atoms with Gasteiger partial charge in [0.05, 0.1) is 17.6 Å². The van der Waals surface area contributed by atoms with Gasteiger partial charge in [-0.05, 0) is 36.5 Å². The van der Waals surface area contributed by atoms with Gasteiger partial charge in [0.2, 0.25) is 5.91 Å². The minimum atomic E-state index is -0.264. The summed E-state index contributed by atoms with van der Waals surface area (Å²) in [7, 11) is 0. The highest BCUT2D eigenvalue weighted by molar-refractivity contribution is 5.84. The molecule has 0 spiro atoms. The second-order valence-corrected chi connectivity index (χ2v) is 9.16. The number of anilines is 1. The maximum absolute atomic E-state index is 13.5. The van der Waals surface area contributed by atoms with Crippen molar-refractivity contribution < 1.29 is 4.79 Å². The van der Waals surface area contributed by atoms with Crippen LogP contribution in [0.2, 0.25) is 0 Å². The molecule has 2 aliphatic rings. The Labute approximate surface area is 190 Å². The van der Waals surface area contributed by atoms with Crippen LogP contribution in [0, 0.1) is 11.3 Å². The van der Waals surface area contributed by atoms with Crippen LogP contribution >= 0.6 is 0 Å². The predicted molar refractivity (Wildman–Crippen MR) is 125 cm³/mol. The first-order valence-corrected chi connectivity index (χ1v) is 11.6. The average Bonchev–Trinajstić information content (AvgIpc) is 3.20. The molecule has 2 aromatic rings. The van der Waals surface area contributed by atoms with Crippen molar-refractivity contribution >= 4 is 11.7 Å². The number of benzene rings is 1. The molecule has 1 fully saturated rings. The lowest BCUT2D eigenvalue weighted by atomic mass is 9.95. The van der Waals surface area contributed by atoms with Crippen LogP contribution < -0.4 is 10.2 Å². The molecule has 1 aliphatic carbocycles. The summed E-state index contributed by atoms with van der Waals surface area (Å²) in [4.78, 5) is 26.9. The minimum absolute atomic E-state index is 0.142. The van der Waals surface area contributed by atoms with Gasteiger partial charge in [-0.3, -0.25) is 4.79 Å². The molecule has 1 amide bonds. The highest BCUT2D eigenvalue weighted by atomic mass is 16.2. The van der Waals surface area contributed by atoms with E-state index in [4.69, 9.17) is 5.26 Å². The maximum Gasteiger partial charge on any atom is 0.231 e. The molecule has 7 nitrogen and oxygen atoms in total. The quantitative estimate of drug-likeness (QED) is 0.756. The van der Waals surface area contributed by atoms with Gasteiger partial charge in [0.15, 0.2) is 0 Å². The van der Waals surface area contributed by atoms with Crippen molar-refractivity contribution in [1.82, 2.24) is 20.2 Å². The number of piperazine rings is 1. The van der Waals surface area contributed by atoms with Gasteiger partial charge in [-0.25, -0.2) is 9.97 Å². The van der Waals surface area contributed by atoms with Gasteiger partial charge < -0.3 is 15.1 Å². The van der Waals surface area contributed by atoms with Crippen molar-refractivity contribution in [2.45, 2.75) is 51.5 Å². The summed E-state index contributed by atoms with van der Waals surface area (Å²) in [5.74, 6) is 1.42. The summed E-state index contributed by atoms with van der Waals surface area (Å²) >= 11 is 0. The second kappa shape index (κ2) is 9.66. The molecule has 2 atom stereocenters. The van der Waals surface area contributed by atoms with Crippen LogP contribution in [-0.4, -0.2) is 59.5 Å². The molecule has 0 radical (unpaired) electrons. The smallest absolute Gasteiger partial charge is 0.231 e. The van der Waals surface area contributed by atoms with E-state index in [-0.39, 0.29) is 11.8 Å². The molecule has 0 bridgehead atoms. The molecule has 1 aliphatic heterocycles. The van der Waals surface area contributed by atoms with Crippen molar-refractivity contribution in [3.63, 3.8) is 0 Å². The Morgan fingerprint density at radius 3 is 2.56 bits per heavy atom. The number of fused-ring (bicyclic) bond motifs is 1. The third-order valence-electron chi connectivity index (χ3n) is 6.61. The standard InChI is InChI=1S/C25H32N6O/c1-17(2)27-15-21(20-7-5-19(14-26)6-8-20)25(32)31-12-10-30(11-13-31)24-23-18(3)4-9-22(23)28-16-29-24/h5-8,16-18,21,27H,4,9-13,15H2,1-3H3. The first-order chi connectivity index (χ1) is 15.5. The molecule has 0 saturated carbocycles. The molecular weight excluding hydrogens is 400 g/mol. The van der Waals surface area contributed by atoms with Crippen molar-refractivity contribution in [3.05, 3.63) is 53.0 Å². The first-order valence-electron chi connectivity index (χ1n) is 11.6. The summed E-state index contributed by atoms with van der Waals surface area (Å²) in [6, 6.07) is 9.84. The normalized spacial score (nSPS) is 19.0. The Kier molecular flexibility index (Phi) is 6.71. The maximum atomic E-state index is 13.5. The number of hydrogen-bond acceptors (Lipinski definition) is 6. The summed E-state index contributed by atoms with van der Waals surface area (Å²) in [5.41, 5.74) is 4.04. The summed E-state index contributed by atoms with van der Waals surface area (Å²) in [5, 5.41) is 12.5. The monoisotopic (exact) mass is 432 g/mol. The Hall–Kier alpha value is -2.98. The van der Waals surface area contributed by atoms with Crippen LogP contribution in [0.3, 0.4) is 0 Å². The van der Waals surface area contributed by atoms with Crippen molar-refractivity contribution in [3.8, 4) is 6.07 Å². The fraction of sp³-hybridized carbons (Fsp3) is 0.520. The Morgan fingerprint density at radius 2 is 1.91 bits per heavy atom. The van der Waals surface area contributed by atoms with Gasteiger partial charge in [-0.15, -0.1) is 0 Å². The molecule has 1 N–H and O–H groups in total.